The summed E-state index contributed by atoms with van der Waals surface area (Å²) in [6.07, 6.45) is 7.05. The summed E-state index contributed by atoms with van der Waals surface area (Å²) in [5, 5.41) is 0. The summed E-state index contributed by atoms with van der Waals surface area (Å²) in [5.41, 5.74) is 10.4. The topological polar surface area (TPSA) is 78.3 Å². The summed E-state index contributed by atoms with van der Waals surface area (Å²) in [7, 11) is 0. The predicted molar refractivity (Wildman–Crippen MR) is 73.0 cm³/mol. The number of hydrogen-bond donors (Lipinski definition) is 2. The fourth-order valence-corrected chi connectivity index (χ4v) is 2.57. The average molecular weight is 256 g/mol. The van der Waals surface area contributed by atoms with E-state index in [-0.39, 0.29) is 6.10 Å². The molecule has 0 radical (unpaired) electrons. The molecule has 3 unspecified atom stereocenters. The minimum absolute atomic E-state index is 0.109. The molecule has 1 rings (SSSR count). The summed E-state index contributed by atoms with van der Waals surface area (Å²) in [6.45, 7) is 5.20. The molecule has 0 aromatic carbocycles. The Labute approximate surface area is 110 Å². The van der Waals surface area contributed by atoms with Gasteiger partial charge in [-0.3, -0.25) is 4.79 Å². The molecule has 0 bridgehead atoms. The number of carbonyl (C=O) groups excluding carboxylic acids is 1. The first-order valence-corrected chi connectivity index (χ1v) is 7.22. The van der Waals surface area contributed by atoms with Gasteiger partial charge in [-0.2, -0.15) is 0 Å². The molecule has 0 heterocycles. The van der Waals surface area contributed by atoms with E-state index in [1.54, 1.807) is 0 Å². The number of carbonyl (C=O) groups is 1. The Morgan fingerprint density at radius 3 is 2.72 bits per heavy atom. The third kappa shape index (κ3) is 4.25. The first-order valence-electron chi connectivity index (χ1n) is 7.22. The maximum Gasteiger partial charge on any atom is 0.237 e. The summed E-state index contributed by atoms with van der Waals surface area (Å²) in [6, 6.07) is 0. The van der Waals surface area contributed by atoms with Crippen LogP contribution in [-0.4, -0.2) is 24.2 Å². The Kier molecular flexibility index (Phi) is 6.09. The van der Waals surface area contributed by atoms with Crippen molar-refractivity contribution in [3.05, 3.63) is 0 Å². The first kappa shape index (κ1) is 15.4. The Balaban J connectivity index is 2.30. The second kappa shape index (κ2) is 7.10. The van der Waals surface area contributed by atoms with Crippen molar-refractivity contribution in [3.8, 4) is 0 Å². The van der Waals surface area contributed by atoms with Crippen LogP contribution < -0.4 is 11.5 Å². The zero-order valence-corrected chi connectivity index (χ0v) is 11.8. The molecule has 1 aliphatic carbocycles. The van der Waals surface area contributed by atoms with Crippen molar-refractivity contribution in [1.82, 2.24) is 0 Å². The van der Waals surface area contributed by atoms with Crippen molar-refractivity contribution in [1.29, 1.82) is 0 Å². The van der Waals surface area contributed by atoms with E-state index in [0.717, 1.165) is 19.4 Å². The van der Waals surface area contributed by atoms with E-state index in [1.165, 1.54) is 19.3 Å². The lowest BCUT2D eigenvalue weighted by molar-refractivity contribution is -0.123. The van der Waals surface area contributed by atoms with Gasteiger partial charge in [-0.25, -0.2) is 0 Å². The Hall–Kier alpha value is -0.610. The molecule has 0 saturated heterocycles. The highest BCUT2D eigenvalue weighted by Crippen LogP contribution is 2.30. The summed E-state index contributed by atoms with van der Waals surface area (Å²) < 4.78 is 5.91. The monoisotopic (exact) mass is 256 g/mol. The Morgan fingerprint density at radius 1 is 1.50 bits per heavy atom. The zero-order chi connectivity index (χ0) is 13.6. The second-order valence-electron chi connectivity index (χ2n) is 5.64. The van der Waals surface area contributed by atoms with Gasteiger partial charge in [-0.1, -0.05) is 33.1 Å². The molecule has 106 valence electrons. The van der Waals surface area contributed by atoms with Crippen molar-refractivity contribution in [2.45, 2.75) is 70.4 Å². The van der Waals surface area contributed by atoms with Crippen LogP contribution in [-0.2, 0) is 9.53 Å². The van der Waals surface area contributed by atoms with Gasteiger partial charge in [0.15, 0.2) is 0 Å². The fraction of sp³-hybridized carbons (Fsp3) is 0.929. The largest absolute Gasteiger partial charge is 0.378 e. The van der Waals surface area contributed by atoms with Gasteiger partial charge in [-0.15, -0.1) is 0 Å². The maximum absolute atomic E-state index is 11.2. The van der Waals surface area contributed by atoms with E-state index in [1.807, 2.05) is 0 Å². The first-order chi connectivity index (χ1) is 8.51. The molecule has 1 aliphatic rings. The molecule has 0 aliphatic heterocycles. The lowest BCUT2D eigenvalue weighted by Crippen LogP contribution is -2.50. The van der Waals surface area contributed by atoms with Gasteiger partial charge in [0.2, 0.25) is 5.91 Å². The van der Waals surface area contributed by atoms with Crippen LogP contribution in [0.1, 0.15) is 58.8 Å². The summed E-state index contributed by atoms with van der Waals surface area (Å²) in [5.74, 6) is 0.234. The lowest BCUT2D eigenvalue weighted by Gasteiger charge is -2.21. The van der Waals surface area contributed by atoms with Crippen molar-refractivity contribution < 1.29 is 9.53 Å². The van der Waals surface area contributed by atoms with Crippen LogP contribution in [0.15, 0.2) is 0 Å². The maximum atomic E-state index is 11.2. The molecular formula is C14H28N2O2. The number of unbranched alkanes of at least 4 members (excludes halogenated alkanes) is 1. The number of hydrogen-bond acceptors (Lipinski definition) is 3. The number of primary amides is 1. The van der Waals surface area contributed by atoms with Gasteiger partial charge in [0.05, 0.1) is 11.6 Å². The lowest BCUT2D eigenvalue weighted by atomic mass is 9.98. The molecule has 4 nitrogen and oxygen atoms in total. The van der Waals surface area contributed by atoms with Crippen LogP contribution in [0.3, 0.4) is 0 Å². The van der Waals surface area contributed by atoms with Gasteiger partial charge < -0.3 is 16.2 Å². The van der Waals surface area contributed by atoms with E-state index in [2.05, 4.69) is 13.8 Å². The van der Waals surface area contributed by atoms with Gasteiger partial charge >= 0.3 is 0 Å². The number of amides is 1. The average Bonchev–Trinajstić information content (AvgIpc) is 2.73. The van der Waals surface area contributed by atoms with E-state index in [4.69, 9.17) is 16.2 Å². The minimum Gasteiger partial charge on any atom is -0.378 e. The van der Waals surface area contributed by atoms with Crippen molar-refractivity contribution in [2.75, 3.05) is 6.61 Å². The molecule has 1 amide bonds. The van der Waals surface area contributed by atoms with Gasteiger partial charge in [0.25, 0.3) is 0 Å². The van der Waals surface area contributed by atoms with E-state index < -0.39 is 11.4 Å². The normalized spacial score (nSPS) is 29.4. The molecule has 0 spiro atoms. The number of nitrogens with two attached hydrogens (primary N) is 2. The minimum atomic E-state index is -0.838. The molecule has 0 aromatic heterocycles. The molecular weight excluding hydrogens is 228 g/mol. The smallest absolute Gasteiger partial charge is 0.237 e. The molecule has 4 heteroatoms. The van der Waals surface area contributed by atoms with Crippen LogP contribution in [0, 0.1) is 5.92 Å². The highest BCUT2D eigenvalue weighted by molar-refractivity contribution is 5.84. The van der Waals surface area contributed by atoms with Crippen LogP contribution in [0.5, 0.6) is 0 Å². The SMILES string of the molecule is CCCCC(CC)COC1CCC(N)(C(N)=O)C1. The molecule has 18 heavy (non-hydrogen) atoms. The highest BCUT2D eigenvalue weighted by atomic mass is 16.5. The third-order valence-corrected chi connectivity index (χ3v) is 4.11. The zero-order valence-electron chi connectivity index (χ0n) is 11.8. The molecule has 1 saturated carbocycles. The fourth-order valence-electron chi connectivity index (χ4n) is 2.57. The van der Waals surface area contributed by atoms with Crippen LogP contribution in [0.25, 0.3) is 0 Å². The van der Waals surface area contributed by atoms with Gasteiger partial charge in [0.1, 0.15) is 0 Å². The summed E-state index contributed by atoms with van der Waals surface area (Å²) in [4.78, 5) is 11.2. The summed E-state index contributed by atoms with van der Waals surface area (Å²) >= 11 is 0. The highest BCUT2D eigenvalue weighted by Gasteiger charge is 2.41. The third-order valence-electron chi connectivity index (χ3n) is 4.11. The van der Waals surface area contributed by atoms with E-state index in [9.17, 15) is 4.79 Å². The van der Waals surface area contributed by atoms with E-state index >= 15 is 0 Å². The Morgan fingerprint density at radius 2 is 2.22 bits per heavy atom. The molecule has 0 aromatic rings. The molecule has 3 atom stereocenters. The van der Waals surface area contributed by atoms with Crippen molar-refractivity contribution in [2.24, 2.45) is 17.4 Å². The van der Waals surface area contributed by atoms with Crippen molar-refractivity contribution in [3.63, 3.8) is 0 Å². The number of rotatable bonds is 8. The van der Waals surface area contributed by atoms with E-state index in [0.29, 0.717) is 18.8 Å². The standard InChI is InChI=1S/C14H28N2O2/c1-3-5-6-11(4-2)10-18-12-7-8-14(16,9-12)13(15)17/h11-12H,3-10,16H2,1-2H3,(H2,15,17). The van der Waals surface area contributed by atoms with Gasteiger partial charge in [0, 0.05) is 13.0 Å². The quantitative estimate of drug-likeness (QED) is 0.696. The predicted octanol–water partition coefficient (Wildman–Crippen LogP) is 1.95. The van der Waals surface area contributed by atoms with Gasteiger partial charge in [-0.05, 0) is 25.2 Å². The van der Waals surface area contributed by atoms with Crippen LogP contribution in [0.4, 0.5) is 0 Å². The molecule has 4 N–H and O–H groups in total. The van der Waals surface area contributed by atoms with Crippen LogP contribution >= 0.6 is 0 Å². The van der Waals surface area contributed by atoms with Crippen LogP contribution in [0.2, 0.25) is 0 Å². The Bertz CT molecular complexity index is 271. The second-order valence-corrected chi connectivity index (χ2v) is 5.64. The molecule has 1 fully saturated rings. The number of ether oxygens (including phenoxy) is 1. The van der Waals surface area contributed by atoms with Crippen molar-refractivity contribution >= 4 is 5.91 Å².